The molecule has 11 nitrogen and oxygen atoms in total. The minimum Gasteiger partial charge on any atom is -0.507 e. The second-order valence-corrected chi connectivity index (χ2v) is 5.81. The van der Waals surface area contributed by atoms with Crippen molar-refractivity contribution in [1.29, 1.82) is 0 Å². The van der Waals surface area contributed by atoms with Gasteiger partial charge < -0.3 is 15.7 Å². The van der Waals surface area contributed by atoms with Gasteiger partial charge in [0.2, 0.25) is 5.95 Å². The normalized spacial score (nSPS) is 13.5. The fourth-order valence-corrected chi connectivity index (χ4v) is 2.92. The van der Waals surface area contributed by atoms with Crippen molar-refractivity contribution in [3.63, 3.8) is 0 Å². The summed E-state index contributed by atoms with van der Waals surface area (Å²) >= 11 is 0. The topological polar surface area (TPSA) is 156 Å². The number of rotatable bonds is 2. The van der Waals surface area contributed by atoms with Crippen LogP contribution in [0.2, 0.25) is 0 Å². The third-order valence-corrected chi connectivity index (χ3v) is 4.20. The molecule has 0 spiro atoms. The summed E-state index contributed by atoms with van der Waals surface area (Å²) in [6.07, 6.45) is 1.74. The van der Waals surface area contributed by atoms with E-state index in [0.29, 0.717) is 29.9 Å². The van der Waals surface area contributed by atoms with Gasteiger partial charge in [-0.05, 0) is 35.0 Å². The molecule has 0 aliphatic carbocycles. The molecule has 11 heteroatoms. The summed E-state index contributed by atoms with van der Waals surface area (Å²) in [7, 11) is 0. The summed E-state index contributed by atoms with van der Waals surface area (Å²) in [5, 5.41) is 21.0. The monoisotopic (exact) mass is 354 g/mol. The Hall–Kier alpha value is -3.76. The van der Waals surface area contributed by atoms with E-state index in [0.717, 1.165) is 0 Å². The van der Waals surface area contributed by atoms with Crippen molar-refractivity contribution in [2.45, 2.75) is 13.0 Å². The zero-order valence-electron chi connectivity index (χ0n) is 13.5. The van der Waals surface area contributed by atoms with Crippen LogP contribution in [0.15, 0.2) is 29.3 Å². The van der Waals surface area contributed by atoms with Crippen molar-refractivity contribution in [2.24, 2.45) is 0 Å². The average molecular weight is 354 g/mol. The van der Waals surface area contributed by atoms with Gasteiger partial charge in [-0.2, -0.15) is 0 Å². The van der Waals surface area contributed by atoms with Gasteiger partial charge in [0.1, 0.15) is 12.1 Å². The number of fused-ring (bicyclic) bond motifs is 1. The number of H-pyrrole nitrogens is 1. The summed E-state index contributed by atoms with van der Waals surface area (Å²) in [6.45, 7) is 0.464. The van der Waals surface area contributed by atoms with Gasteiger partial charge in [-0.3, -0.25) is 14.6 Å². The van der Waals surface area contributed by atoms with Crippen molar-refractivity contribution in [3.05, 3.63) is 51.7 Å². The molecular weight excluding hydrogens is 340 g/mol. The van der Waals surface area contributed by atoms with Gasteiger partial charge in [0, 0.05) is 12.1 Å². The number of carbonyl (C=O) groups is 1. The molecule has 1 amide bonds. The van der Waals surface area contributed by atoms with Gasteiger partial charge in [0.05, 0.1) is 23.5 Å². The molecule has 4 N–H and O–H groups in total. The number of hydrogen-bond donors (Lipinski definition) is 3. The Bertz CT molecular complexity index is 1040. The quantitative estimate of drug-likeness (QED) is 0.542. The average Bonchev–Trinajstić information content (AvgIpc) is 3.15. The number of hydrogen-bond acceptors (Lipinski definition) is 8. The van der Waals surface area contributed by atoms with Crippen LogP contribution in [0.1, 0.15) is 21.6 Å². The number of phenolic OH excluding ortho intramolecular Hbond substituents is 1. The molecule has 0 unspecified atom stereocenters. The number of nitrogens with one attached hydrogen (secondary N) is 1. The number of amides is 1. The molecule has 1 aliphatic rings. The number of aromatic hydroxyl groups is 1. The molecule has 0 saturated carbocycles. The number of benzene rings is 1. The van der Waals surface area contributed by atoms with E-state index < -0.39 is 0 Å². The van der Waals surface area contributed by atoms with E-state index in [1.54, 1.807) is 6.07 Å². The van der Waals surface area contributed by atoms with Crippen molar-refractivity contribution < 1.29 is 9.90 Å². The molecule has 0 saturated heterocycles. The van der Waals surface area contributed by atoms with Crippen molar-refractivity contribution >= 4 is 11.9 Å². The van der Waals surface area contributed by atoms with E-state index >= 15 is 0 Å². The highest BCUT2D eigenvalue weighted by Crippen LogP contribution is 2.24. The summed E-state index contributed by atoms with van der Waals surface area (Å²) < 4.78 is 1.38. The maximum absolute atomic E-state index is 12.9. The van der Waals surface area contributed by atoms with Crippen LogP contribution < -0.4 is 11.3 Å². The van der Waals surface area contributed by atoms with E-state index in [1.165, 1.54) is 28.0 Å². The minimum absolute atomic E-state index is 0.00609. The number of anilines is 1. The Balaban J connectivity index is 1.66. The van der Waals surface area contributed by atoms with E-state index in [2.05, 4.69) is 25.5 Å². The van der Waals surface area contributed by atoms with Crippen LogP contribution in [0.4, 0.5) is 5.95 Å². The first-order valence-electron chi connectivity index (χ1n) is 7.76. The highest BCUT2D eigenvalue weighted by atomic mass is 16.3. The summed E-state index contributed by atoms with van der Waals surface area (Å²) in [6, 6.07) is 4.50. The maximum Gasteiger partial charge on any atom is 0.258 e. The lowest BCUT2D eigenvalue weighted by Crippen LogP contribution is -2.39. The smallest absolute Gasteiger partial charge is 0.258 e. The molecular formula is C15H14N8O3. The van der Waals surface area contributed by atoms with Gasteiger partial charge in [-0.25, -0.2) is 9.67 Å². The fraction of sp³-hybridized carbons (Fsp3) is 0.200. The first-order valence-corrected chi connectivity index (χ1v) is 7.76. The van der Waals surface area contributed by atoms with Crippen LogP contribution in [0.5, 0.6) is 5.75 Å². The molecule has 3 heterocycles. The molecule has 0 bridgehead atoms. The minimum atomic E-state index is -0.385. The fourth-order valence-electron chi connectivity index (χ4n) is 2.92. The number of aromatic nitrogens is 6. The lowest BCUT2D eigenvalue weighted by molar-refractivity contribution is 0.0728. The SMILES string of the molecule is Nc1nc2c(c(=O)[nH]1)CCN(C(=O)c1cc(-n3cnnn3)ccc1O)C2. The van der Waals surface area contributed by atoms with Gasteiger partial charge >= 0.3 is 0 Å². The third kappa shape index (κ3) is 2.64. The Morgan fingerprint density at radius 3 is 2.96 bits per heavy atom. The van der Waals surface area contributed by atoms with Gasteiger partial charge in [-0.15, -0.1) is 5.10 Å². The maximum atomic E-state index is 12.9. The molecule has 1 aliphatic heterocycles. The van der Waals surface area contributed by atoms with Gasteiger partial charge in [0.15, 0.2) is 0 Å². The van der Waals surface area contributed by atoms with Crippen LogP contribution in [0.25, 0.3) is 5.69 Å². The van der Waals surface area contributed by atoms with Crippen LogP contribution >= 0.6 is 0 Å². The third-order valence-electron chi connectivity index (χ3n) is 4.20. The van der Waals surface area contributed by atoms with Crippen LogP contribution in [-0.4, -0.2) is 52.6 Å². The second-order valence-electron chi connectivity index (χ2n) is 5.81. The van der Waals surface area contributed by atoms with E-state index in [4.69, 9.17) is 5.73 Å². The molecule has 4 rings (SSSR count). The highest BCUT2D eigenvalue weighted by Gasteiger charge is 2.26. The number of tetrazole rings is 1. The summed E-state index contributed by atoms with van der Waals surface area (Å²) in [5.41, 5.74) is 6.92. The second kappa shape index (κ2) is 5.95. The van der Waals surface area contributed by atoms with E-state index in [-0.39, 0.29) is 35.3 Å². The molecule has 3 aromatic rings. The molecule has 26 heavy (non-hydrogen) atoms. The lowest BCUT2D eigenvalue weighted by Gasteiger charge is -2.28. The van der Waals surface area contributed by atoms with Gasteiger partial charge in [0.25, 0.3) is 11.5 Å². The van der Waals surface area contributed by atoms with Gasteiger partial charge in [-0.1, -0.05) is 0 Å². The van der Waals surface area contributed by atoms with Crippen molar-refractivity contribution in [1.82, 2.24) is 35.1 Å². The Kier molecular flexibility index (Phi) is 3.60. The zero-order chi connectivity index (χ0) is 18.3. The van der Waals surface area contributed by atoms with Crippen LogP contribution in [0, 0.1) is 0 Å². The number of nitrogens with two attached hydrogens (primary N) is 1. The molecule has 0 radical (unpaired) electrons. The molecule has 2 aromatic heterocycles. The van der Waals surface area contributed by atoms with Crippen molar-refractivity contribution in [3.8, 4) is 11.4 Å². The number of nitrogen functional groups attached to an aromatic ring is 1. The highest BCUT2D eigenvalue weighted by molar-refractivity contribution is 5.97. The molecule has 0 atom stereocenters. The lowest BCUT2D eigenvalue weighted by atomic mass is 10.0. The summed E-state index contributed by atoms with van der Waals surface area (Å²) in [4.78, 5) is 32.9. The molecule has 132 valence electrons. The Morgan fingerprint density at radius 2 is 2.19 bits per heavy atom. The van der Waals surface area contributed by atoms with Crippen LogP contribution in [-0.2, 0) is 13.0 Å². The first-order chi connectivity index (χ1) is 12.5. The first kappa shape index (κ1) is 15.7. The Labute approximate surface area is 146 Å². The largest absolute Gasteiger partial charge is 0.507 e. The van der Waals surface area contributed by atoms with E-state index in [9.17, 15) is 14.7 Å². The Morgan fingerprint density at radius 1 is 1.35 bits per heavy atom. The number of phenols is 1. The standard InChI is InChI=1S/C15H14N8O3/c16-15-18-11-6-22(4-3-9(11)13(25)19-15)14(26)10-5-8(1-2-12(10)24)23-7-17-20-21-23/h1-2,5,7,24H,3-4,6H2,(H3,16,18,19,25). The number of carbonyl (C=O) groups excluding carboxylic acids is 1. The number of aromatic amines is 1. The predicted molar refractivity (Wildman–Crippen MR) is 88.5 cm³/mol. The van der Waals surface area contributed by atoms with E-state index in [1.807, 2.05) is 0 Å². The number of nitrogens with zero attached hydrogens (tertiary/aromatic N) is 6. The molecule has 1 aromatic carbocycles. The molecule has 0 fully saturated rings. The zero-order valence-corrected chi connectivity index (χ0v) is 13.5. The predicted octanol–water partition coefficient (Wildman–Crippen LogP) is -0.768. The summed E-state index contributed by atoms with van der Waals surface area (Å²) in [5.74, 6) is -0.536. The van der Waals surface area contributed by atoms with Crippen LogP contribution in [0.3, 0.4) is 0 Å². The van der Waals surface area contributed by atoms with Crippen molar-refractivity contribution in [2.75, 3.05) is 12.3 Å².